The molecule has 1 N–H and O–H groups in total. The number of rotatable bonds is 6. The van der Waals surface area contributed by atoms with Crippen molar-refractivity contribution >= 4 is 11.6 Å². The first-order chi connectivity index (χ1) is 9.72. The smallest absolute Gasteiger partial charge is 0.147 e. The third-order valence-electron chi connectivity index (χ3n) is 2.89. The summed E-state index contributed by atoms with van der Waals surface area (Å²) in [5, 5.41) is 3.94. The van der Waals surface area contributed by atoms with Gasteiger partial charge in [-0.25, -0.2) is 0 Å². The molecule has 0 amide bonds. The summed E-state index contributed by atoms with van der Waals surface area (Å²) in [4.78, 5) is 8.42. The molecule has 2 rings (SSSR count). The van der Waals surface area contributed by atoms with Crippen molar-refractivity contribution in [1.29, 1.82) is 0 Å². The van der Waals surface area contributed by atoms with Crippen molar-refractivity contribution in [2.75, 3.05) is 6.54 Å². The number of aromatic nitrogens is 2. The van der Waals surface area contributed by atoms with Gasteiger partial charge in [0.2, 0.25) is 0 Å². The molecule has 0 saturated heterocycles. The van der Waals surface area contributed by atoms with E-state index in [0.717, 1.165) is 18.7 Å². The summed E-state index contributed by atoms with van der Waals surface area (Å²) >= 11 is 5.87. The van der Waals surface area contributed by atoms with Crippen LogP contribution in [-0.4, -0.2) is 16.5 Å². The van der Waals surface area contributed by atoms with Crippen LogP contribution in [0, 0.1) is 0 Å². The van der Waals surface area contributed by atoms with E-state index < -0.39 is 0 Å². The van der Waals surface area contributed by atoms with Crippen molar-refractivity contribution in [3.05, 3.63) is 47.5 Å². The monoisotopic (exact) mass is 291 g/mol. The Bertz CT molecular complexity index is 545. The molecule has 0 aliphatic rings. The maximum absolute atomic E-state index is 5.87. The van der Waals surface area contributed by atoms with Gasteiger partial charge in [-0.15, -0.1) is 0 Å². The number of hydrogen-bond donors (Lipinski definition) is 1. The molecule has 106 valence electrons. The predicted molar refractivity (Wildman–Crippen MR) is 80.3 cm³/mol. The van der Waals surface area contributed by atoms with Gasteiger partial charge in [-0.3, -0.25) is 9.97 Å². The van der Waals surface area contributed by atoms with Crippen LogP contribution in [0.25, 0.3) is 0 Å². The van der Waals surface area contributed by atoms with Crippen molar-refractivity contribution in [2.45, 2.75) is 26.3 Å². The second-order valence-corrected chi connectivity index (χ2v) is 4.81. The van der Waals surface area contributed by atoms with Crippen molar-refractivity contribution in [3.8, 4) is 11.5 Å². The Morgan fingerprint density at radius 3 is 2.65 bits per heavy atom. The number of hydrogen-bond acceptors (Lipinski definition) is 4. The molecular formula is C15H18ClN3O. The highest BCUT2D eigenvalue weighted by atomic mass is 35.5. The second-order valence-electron chi connectivity index (χ2n) is 4.38. The lowest BCUT2D eigenvalue weighted by Crippen LogP contribution is -2.20. The zero-order chi connectivity index (χ0) is 14.4. The van der Waals surface area contributed by atoms with Crippen LogP contribution in [0.3, 0.4) is 0 Å². The first-order valence-electron chi connectivity index (χ1n) is 6.70. The van der Waals surface area contributed by atoms with E-state index in [9.17, 15) is 0 Å². The van der Waals surface area contributed by atoms with Crippen LogP contribution in [0.1, 0.15) is 32.0 Å². The lowest BCUT2D eigenvalue weighted by molar-refractivity contribution is 0.474. The van der Waals surface area contributed by atoms with Crippen LogP contribution in [0.4, 0.5) is 0 Å². The number of halogens is 1. The van der Waals surface area contributed by atoms with E-state index in [1.54, 1.807) is 24.7 Å². The SMILES string of the molecule is CCNC(CC)c1ccc(Oc2cncc(Cl)c2)cn1. The lowest BCUT2D eigenvalue weighted by Gasteiger charge is -2.15. The highest BCUT2D eigenvalue weighted by Gasteiger charge is 2.09. The Hall–Kier alpha value is -1.65. The topological polar surface area (TPSA) is 47.0 Å². The molecule has 0 aliphatic carbocycles. The summed E-state index contributed by atoms with van der Waals surface area (Å²) in [6.07, 6.45) is 5.90. The lowest BCUT2D eigenvalue weighted by atomic mass is 10.1. The second kappa shape index (κ2) is 7.22. The molecule has 1 unspecified atom stereocenters. The van der Waals surface area contributed by atoms with Crippen molar-refractivity contribution in [3.63, 3.8) is 0 Å². The Balaban J connectivity index is 2.08. The van der Waals surface area contributed by atoms with Crippen molar-refractivity contribution in [1.82, 2.24) is 15.3 Å². The number of nitrogens with zero attached hydrogens (tertiary/aromatic N) is 2. The fraction of sp³-hybridized carbons (Fsp3) is 0.333. The summed E-state index contributed by atoms with van der Waals surface area (Å²) in [7, 11) is 0. The molecule has 1 atom stereocenters. The molecule has 0 aromatic carbocycles. The van der Waals surface area contributed by atoms with E-state index in [1.165, 1.54) is 0 Å². The van der Waals surface area contributed by atoms with Crippen molar-refractivity contribution in [2.24, 2.45) is 0 Å². The van der Waals surface area contributed by atoms with E-state index in [4.69, 9.17) is 16.3 Å². The van der Waals surface area contributed by atoms with Crippen LogP contribution in [0.5, 0.6) is 11.5 Å². The Morgan fingerprint density at radius 1 is 1.20 bits per heavy atom. The molecule has 2 aromatic heterocycles. The Morgan fingerprint density at radius 2 is 2.05 bits per heavy atom. The van der Waals surface area contributed by atoms with Gasteiger partial charge < -0.3 is 10.1 Å². The third-order valence-corrected chi connectivity index (χ3v) is 3.10. The average Bonchev–Trinajstić information content (AvgIpc) is 2.46. The van der Waals surface area contributed by atoms with Crippen molar-refractivity contribution < 1.29 is 4.74 Å². The summed E-state index contributed by atoms with van der Waals surface area (Å²) < 4.78 is 5.66. The van der Waals surface area contributed by atoms with E-state index in [0.29, 0.717) is 16.5 Å². The van der Waals surface area contributed by atoms with E-state index in [2.05, 4.69) is 29.1 Å². The highest BCUT2D eigenvalue weighted by Crippen LogP contribution is 2.23. The molecule has 0 aliphatic heterocycles. The fourth-order valence-corrected chi connectivity index (χ4v) is 2.11. The van der Waals surface area contributed by atoms with Gasteiger partial charge in [0.05, 0.1) is 23.1 Å². The number of nitrogens with one attached hydrogen (secondary N) is 1. The van der Waals surface area contributed by atoms with Crippen LogP contribution in [0.15, 0.2) is 36.8 Å². The zero-order valence-electron chi connectivity index (χ0n) is 11.6. The van der Waals surface area contributed by atoms with Crippen LogP contribution >= 0.6 is 11.6 Å². The molecule has 20 heavy (non-hydrogen) atoms. The highest BCUT2D eigenvalue weighted by molar-refractivity contribution is 6.30. The minimum Gasteiger partial charge on any atom is -0.454 e. The maximum atomic E-state index is 5.87. The first kappa shape index (κ1) is 14.8. The van der Waals surface area contributed by atoms with Gasteiger partial charge in [-0.05, 0) is 25.1 Å². The van der Waals surface area contributed by atoms with Gasteiger partial charge >= 0.3 is 0 Å². The summed E-state index contributed by atoms with van der Waals surface area (Å²) in [6.45, 7) is 5.15. The summed E-state index contributed by atoms with van der Waals surface area (Å²) in [5.74, 6) is 1.27. The number of ether oxygens (including phenoxy) is 1. The molecule has 2 aromatic rings. The fourth-order valence-electron chi connectivity index (χ4n) is 1.95. The molecule has 5 heteroatoms. The van der Waals surface area contributed by atoms with Crippen LogP contribution in [-0.2, 0) is 0 Å². The Labute approximate surface area is 124 Å². The first-order valence-corrected chi connectivity index (χ1v) is 7.08. The molecule has 0 fully saturated rings. The standard InChI is InChI=1S/C15H18ClN3O/c1-3-14(18-4-2)15-6-5-12(10-19-15)20-13-7-11(16)8-17-9-13/h5-10,14,18H,3-4H2,1-2H3. The van der Waals surface area contributed by atoms with Gasteiger partial charge in [0.15, 0.2) is 0 Å². The van der Waals surface area contributed by atoms with Gasteiger partial charge in [0.1, 0.15) is 11.5 Å². The van der Waals surface area contributed by atoms with Gasteiger partial charge in [0, 0.05) is 18.3 Å². The minimum absolute atomic E-state index is 0.280. The number of pyridine rings is 2. The molecule has 0 spiro atoms. The molecule has 0 saturated carbocycles. The quantitative estimate of drug-likeness (QED) is 0.874. The van der Waals surface area contributed by atoms with Gasteiger partial charge in [0.25, 0.3) is 0 Å². The van der Waals surface area contributed by atoms with Gasteiger partial charge in [-0.2, -0.15) is 0 Å². The summed E-state index contributed by atoms with van der Waals surface area (Å²) in [5.41, 5.74) is 1.02. The predicted octanol–water partition coefficient (Wildman–Crippen LogP) is 3.98. The molecule has 0 radical (unpaired) electrons. The van der Waals surface area contributed by atoms with Gasteiger partial charge in [-0.1, -0.05) is 25.4 Å². The molecule has 0 bridgehead atoms. The minimum atomic E-state index is 0.280. The zero-order valence-corrected chi connectivity index (χ0v) is 12.4. The van der Waals surface area contributed by atoms with Crippen LogP contribution < -0.4 is 10.1 Å². The largest absolute Gasteiger partial charge is 0.454 e. The maximum Gasteiger partial charge on any atom is 0.147 e. The van der Waals surface area contributed by atoms with E-state index in [1.807, 2.05) is 12.1 Å². The van der Waals surface area contributed by atoms with E-state index >= 15 is 0 Å². The molecule has 2 heterocycles. The third kappa shape index (κ3) is 3.92. The normalized spacial score (nSPS) is 12.2. The Kier molecular flexibility index (Phi) is 5.32. The van der Waals surface area contributed by atoms with Crippen LogP contribution in [0.2, 0.25) is 5.02 Å². The average molecular weight is 292 g/mol. The molecular weight excluding hydrogens is 274 g/mol. The summed E-state index contributed by atoms with van der Waals surface area (Å²) in [6, 6.07) is 5.88. The van der Waals surface area contributed by atoms with E-state index in [-0.39, 0.29) is 6.04 Å². The molecule has 4 nitrogen and oxygen atoms in total.